The van der Waals surface area contributed by atoms with Gasteiger partial charge in [0.25, 0.3) is 0 Å². The first-order valence-electron chi connectivity index (χ1n) is 4.34. The Balaban J connectivity index is 2.64. The summed E-state index contributed by atoms with van der Waals surface area (Å²) in [5, 5.41) is 6.12. The number of nitrogens with one attached hydrogen (secondary N) is 1. The number of nitrogen functional groups attached to an aromatic ring is 1. The molecule has 3 N–H and O–H groups in total. The summed E-state index contributed by atoms with van der Waals surface area (Å²) in [5.74, 6) is -0.758. The Labute approximate surface area is 84.9 Å². The number of H-pyrrole nitrogens is 1. The third-order valence-corrected chi connectivity index (χ3v) is 2.21. The van der Waals surface area contributed by atoms with E-state index in [9.17, 15) is 8.78 Å². The number of aromatic nitrogens is 2. The second-order valence-electron chi connectivity index (χ2n) is 3.28. The van der Waals surface area contributed by atoms with Crippen molar-refractivity contribution in [1.29, 1.82) is 0 Å². The second-order valence-corrected chi connectivity index (χ2v) is 3.28. The van der Waals surface area contributed by atoms with Crippen LogP contribution in [0.2, 0.25) is 0 Å². The third-order valence-electron chi connectivity index (χ3n) is 2.21. The Bertz CT molecular complexity index is 505. The van der Waals surface area contributed by atoms with E-state index in [1.807, 2.05) is 0 Å². The minimum atomic E-state index is -0.512. The van der Waals surface area contributed by atoms with Gasteiger partial charge in [0.05, 0.1) is 6.20 Å². The minimum absolute atomic E-state index is 0.115. The number of aromatic amines is 1. The van der Waals surface area contributed by atoms with Gasteiger partial charge in [-0.2, -0.15) is 5.10 Å². The predicted molar refractivity (Wildman–Crippen MR) is 53.1 cm³/mol. The summed E-state index contributed by atoms with van der Waals surface area (Å²) in [7, 11) is 0. The number of hydrogen-bond acceptors (Lipinski definition) is 2. The van der Waals surface area contributed by atoms with Gasteiger partial charge in [-0.1, -0.05) is 0 Å². The molecule has 0 spiro atoms. The van der Waals surface area contributed by atoms with Crippen molar-refractivity contribution in [2.45, 2.75) is 6.92 Å². The highest BCUT2D eigenvalue weighted by molar-refractivity contribution is 5.73. The molecule has 1 aromatic heterocycles. The summed E-state index contributed by atoms with van der Waals surface area (Å²) in [6.07, 6.45) is 1.36. The van der Waals surface area contributed by atoms with Crippen molar-refractivity contribution in [1.82, 2.24) is 10.2 Å². The summed E-state index contributed by atoms with van der Waals surface area (Å²) in [4.78, 5) is 0. The molecular weight excluding hydrogens is 200 g/mol. The van der Waals surface area contributed by atoms with Gasteiger partial charge in [0.2, 0.25) is 0 Å². The Hall–Kier alpha value is -1.91. The Morgan fingerprint density at radius 1 is 1.20 bits per heavy atom. The molecule has 78 valence electrons. The van der Waals surface area contributed by atoms with E-state index >= 15 is 0 Å². The number of nitrogens with two attached hydrogens (primary N) is 1. The number of aryl methyl sites for hydroxylation is 1. The van der Waals surface area contributed by atoms with Gasteiger partial charge in [-0.15, -0.1) is 0 Å². The molecular formula is C10H9F2N3. The molecule has 15 heavy (non-hydrogen) atoms. The molecule has 1 heterocycles. The van der Waals surface area contributed by atoms with Gasteiger partial charge in [-0.3, -0.25) is 5.10 Å². The van der Waals surface area contributed by atoms with Crippen LogP contribution in [0, 0.1) is 18.6 Å². The molecule has 3 nitrogen and oxygen atoms in total. The lowest BCUT2D eigenvalue weighted by molar-refractivity contribution is 0.595. The fourth-order valence-corrected chi connectivity index (χ4v) is 1.36. The van der Waals surface area contributed by atoms with Gasteiger partial charge in [-0.25, -0.2) is 8.78 Å². The molecule has 0 saturated carbocycles. The van der Waals surface area contributed by atoms with Gasteiger partial charge in [0, 0.05) is 11.1 Å². The van der Waals surface area contributed by atoms with Gasteiger partial charge in [-0.05, 0) is 24.6 Å². The maximum atomic E-state index is 13.5. The standard InChI is InChI=1S/C10H9F2N3/c1-5-2-9(12)6(3-8(5)11)7-4-14-15-10(7)13/h2-4H,1H3,(H3,13,14,15). The fraction of sp³-hybridized carbons (Fsp3) is 0.100. The molecule has 0 aliphatic heterocycles. The van der Waals surface area contributed by atoms with Crippen LogP contribution in [0.25, 0.3) is 11.1 Å². The second kappa shape index (κ2) is 3.34. The summed E-state index contributed by atoms with van der Waals surface area (Å²) >= 11 is 0. The van der Waals surface area contributed by atoms with Crippen molar-refractivity contribution >= 4 is 5.82 Å². The van der Waals surface area contributed by atoms with Crippen LogP contribution >= 0.6 is 0 Å². The number of benzene rings is 1. The molecule has 0 atom stereocenters. The van der Waals surface area contributed by atoms with Crippen LogP contribution in [0.4, 0.5) is 14.6 Å². The molecule has 0 aliphatic carbocycles. The monoisotopic (exact) mass is 209 g/mol. The molecule has 0 unspecified atom stereocenters. The Morgan fingerprint density at radius 3 is 2.53 bits per heavy atom. The van der Waals surface area contributed by atoms with Crippen molar-refractivity contribution < 1.29 is 8.78 Å². The lowest BCUT2D eigenvalue weighted by Gasteiger charge is -2.04. The number of hydrogen-bond donors (Lipinski definition) is 2. The zero-order chi connectivity index (χ0) is 11.0. The van der Waals surface area contributed by atoms with E-state index < -0.39 is 11.6 Å². The number of rotatable bonds is 1. The first-order valence-corrected chi connectivity index (χ1v) is 4.34. The highest BCUT2D eigenvalue weighted by Gasteiger charge is 2.12. The average molecular weight is 209 g/mol. The zero-order valence-corrected chi connectivity index (χ0v) is 8.01. The quantitative estimate of drug-likeness (QED) is 0.756. The topological polar surface area (TPSA) is 54.7 Å². The SMILES string of the molecule is Cc1cc(F)c(-c2cn[nH]c2N)cc1F. The van der Waals surface area contributed by atoms with Crippen LogP contribution in [0.3, 0.4) is 0 Å². The van der Waals surface area contributed by atoms with Crippen LogP contribution in [0.1, 0.15) is 5.56 Å². The third kappa shape index (κ3) is 1.56. The van der Waals surface area contributed by atoms with E-state index in [4.69, 9.17) is 5.73 Å². The van der Waals surface area contributed by atoms with Crippen LogP contribution in [0.15, 0.2) is 18.3 Å². The zero-order valence-electron chi connectivity index (χ0n) is 8.01. The maximum Gasteiger partial charge on any atom is 0.131 e. The molecule has 0 fully saturated rings. The molecule has 2 aromatic rings. The average Bonchev–Trinajstić information content (AvgIpc) is 2.58. The molecule has 0 saturated heterocycles. The molecule has 0 bridgehead atoms. The van der Waals surface area contributed by atoms with Gasteiger partial charge < -0.3 is 5.73 Å². The van der Waals surface area contributed by atoms with Gasteiger partial charge >= 0.3 is 0 Å². The molecule has 0 radical (unpaired) electrons. The van der Waals surface area contributed by atoms with Crippen molar-refractivity contribution in [3.63, 3.8) is 0 Å². The molecule has 0 amide bonds. The van der Waals surface area contributed by atoms with Crippen molar-refractivity contribution in [2.75, 3.05) is 5.73 Å². The molecule has 5 heteroatoms. The lowest BCUT2D eigenvalue weighted by atomic mass is 10.1. The van der Waals surface area contributed by atoms with E-state index in [1.165, 1.54) is 13.1 Å². The van der Waals surface area contributed by atoms with E-state index in [1.54, 1.807) is 0 Å². The minimum Gasteiger partial charge on any atom is -0.384 e. The molecule has 1 aromatic carbocycles. The van der Waals surface area contributed by atoms with E-state index in [0.29, 0.717) is 5.56 Å². The number of halogens is 2. The number of anilines is 1. The van der Waals surface area contributed by atoms with Crippen LogP contribution < -0.4 is 5.73 Å². The van der Waals surface area contributed by atoms with Crippen LogP contribution in [-0.4, -0.2) is 10.2 Å². The van der Waals surface area contributed by atoms with E-state index in [0.717, 1.165) is 12.1 Å². The lowest BCUT2D eigenvalue weighted by Crippen LogP contribution is -1.93. The maximum absolute atomic E-state index is 13.5. The predicted octanol–water partition coefficient (Wildman–Crippen LogP) is 2.25. The summed E-state index contributed by atoms with van der Waals surface area (Å²) < 4.78 is 26.8. The fourth-order valence-electron chi connectivity index (χ4n) is 1.36. The Kier molecular flexibility index (Phi) is 2.15. The highest BCUT2D eigenvalue weighted by atomic mass is 19.1. The van der Waals surface area contributed by atoms with Crippen LogP contribution in [-0.2, 0) is 0 Å². The first kappa shape index (κ1) is 9.64. The molecule has 2 rings (SSSR count). The summed E-state index contributed by atoms with van der Waals surface area (Å²) in [6, 6.07) is 2.25. The van der Waals surface area contributed by atoms with Gasteiger partial charge in [0.15, 0.2) is 0 Å². The smallest absolute Gasteiger partial charge is 0.131 e. The van der Waals surface area contributed by atoms with E-state index in [2.05, 4.69) is 10.2 Å². The highest BCUT2D eigenvalue weighted by Crippen LogP contribution is 2.28. The summed E-state index contributed by atoms with van der Waals surface area (Å²) in [5.41, 5.74) is 6.27. The molecule has 0 aliphatic rings. The largest absolute Gasteiger partial charge is 0.384 e. The summed E-state index contributed by atoms with van der Waals surface area (Å²) in [6.45, 7) is 1.50. The van der Waals surface area contributed by atoms with Crippen molar-refractivity contribution in [3.8, 4) is 11.1 Å². The van der Waals surface area contributed by atoms with Gasteiger partial charge in [0.1, 0.15) is 17.5 Å². The first-order chi connectivity index (χ1) is 7.09. The van der Waals surface area contributed by atoms with Crippen molar-refractivity contribution in [3.05, 3.63) is 35.5 Å². The Morgan fingerprint density at radius 2 is 1.93 bits per heavy atom. The van der Waals surface area contributed by atoms with Crippen LogP contribution in [0.5, 0.6) is 0 Å². The normalized spacial score (nSPS) is 10.6. The van der Waals surface area contributed by atoms with Crippen molar-refractivity contribution in [2.24, 2.45) is 0 Å². The number of nitrogens with zero attached hydrogens (tertiary/aromatic N) is 1. The van der Waals surface area contributed by atoms with E-state index in [-0.39, 0.29) is 16.9 Å².